The van der Waals surface area contributed by atoms with Gasteiger partial charge in [-0.05, 0) is 61.3 Å². The van der Waals surface area contributed by atoms with Gasteiger partial charge in [-0.1, -0.05) is 48.5 Å². The van der Waals surface area contributed by atoms with E-state index < -0.39 is 18.0 Å². The van der Waals surface area contributed by atoms with Crippen molar-refractivity contribution in [2.45, 2.75) is 69.5 Å². The summed E-state index contributed by atoms with van der Waals surface area (Å²) < 4.78 is 5.61. The van der Waals surface area contributed by atoms with Crippen molar-refractivity contribution in [1.29, 1.82) is 0 Å². The normalized spacial score (nSPS) is 23.0. The van der Waals surface area contributed by atoms with Crippen LogP contribution in [0.5, 0.6) is 0 Å². The lowest BCUT2D eigenvalue weighted by molar-refractivity contribution is -0.143. The third-order valence-electron chi connectivity index (χ3n) is 7.88. The van der Waals surface area contributed by atoms with Gasteiger partial charge in [0, 0.05) is 30.5 Å². The van der Waals surface area contributed by atoms with E-state index in [-0.39, 0.29) is 36.6 Å². The van der Waals surface area contributed by atoms with E-state index in [1.807, 2.05) is 36.1 Å². The first-order valence-electron chi connectivity index (χ1n) is 12.6. The van der Waals surface area contributed by atoms with Crippen LogP contribution in [0, 0.1) is 5.92 Å². The zero-order valence-corrected chi connectivity index (χ0v) is 20.0. The van der Waals surface area contributed by atoms with Gasteiger partial charge in [0.05, 0.1) is 5.92 Å². The molecule has 3 aliphatic rings. The van der Waals surface area contributed by atoms with E-state index in [1.54, 1.807) is 0 Å². The lowest BCUT2D eigenvalue weighted by Crippen LogP contribution is -2.38. The van der Waals surface area contributed by atoms with E-state index in [4.69, 9.17) is 4.74 Å². The monoisotopic (exact) mass is 476 g/mol. The summed E-state index contributed by atoms with van der Waals surface area (Å²) in [6.07, 6.45) is 3.47. The lowest BCUT2D eigenvalue weighted by atomic mass is 9.89. The van der Waals surface area contributed by atoms with Crippen LogP contribution in [-0.2, 0) is 14.3 Å². The summed E-state index contributed by atoms with van der Waals surface area (Å²) in [6, 6.07) is 16.3. The lowest BCUT2D eigenvalue weighted by Gasteiger charge is -2.23. The molecule has 5 rings (SSSR count). The molecule has 184 valence electrons. The highest BCUT2D eigenvalue weighted by molar-refractivity contribution is 5.81. The summed E-state index contributed by atoms with van der Waals surface area (Å²) in [5, 5.41) is 12.3. The number of hydrogen-bond acceptors (Lipinski definition) is 4. The first-order valence-corrected chi connectivity index (χ1v) is 12.6. The molecular weight excluding hydrogens is 444 g/mol. The number of aliphatic carboxylic acids is 1. The van der Waals surface area contributed by atoms with E-state index >= 15 is 0 Å². The van der Waals surface area contributed by atoms with Crippen LogP contribution in [0.25, 0.3) is 11.1 Å². The van der Waals surface area contributed by atoms with Crippen molar-refractivity contribution in [3.63, 3.8) is 0 Å². The van der Waals surface area contributed by atoms with Gasteiger partial charge in [-0.15, -0.1) is 0 Å². The number of alkyl carbamates (subject to hydrolysis) is 1. The molecule has 2 bridgehead atoms. The predicted octanol–water partition coefficient (Wildman–Crippen LogP) is 4.55. The Morgan fingerprint density at radius 2 is 1.71 bits per heavy atom. The van der Waals surface area contributed by atoms with Gasteiger partial charge >= 0.3 is 12.1 Å². The second-order valence-electron chi connectivity index (χ2n) is 10.0. The fraction of sp³-hybridized carbons (Fsp3) is 0.464. The van der Waals surface area contributed by atoms with Crippen LogP contribution in [0.1, 0.15) is 62.5 Å². The van der Waals surface area contributed by atoms with E-state index in [0.29, 0.717) is 25.7 Å². The predicted molar refractivity (Wildman–Crippen MR) is 131 cm³/mol. The SMILES string of the molecule is CC(CCCC(=O)N1C2CCC1C(C(=O)O)C2)NC(=O)OCC1c2ccccc2-c2ccccc21. The van der Waals surface area contributed by atoms with Gasteiger partial charge in [-0.3, -0.25) is 9.59 Å². The number of benzene rings is 2. The molecule has 1 aliphatic carbocycles. The number of amides is 2. The minimum Gasteiger partial charge on any atom is -0.481 e. The van der Waals surface area contributed by atoms with Crippen molar-refractivity contribution in [3.05, 3.63) is 59.7 Å². The highest BCUT2D eigenvalue weighted by Crippen LogP contribution is 2.44. The van der Waals surface area contributed by atoms with E-state index in [1.165, 1.54) is 22.3 Å². The number of carbonyl (C=O) groups excluding carboxylic acids is 2. The topological polar surface area (TPSA) is 95.9 Å². The Kier molecular flexibility index (Phi) is 6.50. The Labute approximate surface area is 205 Å². The Hall–Kier alpha value is -3.35. The van der Waals surface area contributed by atoms with Crippen molar-refractivity contribution >= 4 is 18.0 Å². The van der Waals surface area contributed by atoms with E-state index in [9.17, 15) is 19.5 Å². The van der Waals surface area contributed by atoms with Crippen LogP contribution in [0.3, 0.4) is 0 Å². The smallest absolute Gasteiger partial charge is 0.407 e. The van der Waals surface area contributed by atoms with Gasteiger partial charge in [0.15, 0.2) is 0 Å². The fourth-order valence-corrected chi connectivity index (χ4v) is 6.24. The van der Waals surface area contributed by atoms with Crippen molar-refractivity contribution in [2.75, 3.05) is 6.61 Å². The fourth-order valence-electron chi connectivity index (χ4n) is 6.24. The molecule has 35 heavy (non-hydrogen) atoms. The standard InChI is InChI=1S/C28H32N2O5/c1-17(7-6-12-26(31)30-18-13-14-25(30)23(15-18)27(32)33)29-28(34)35-16-24-21-10-4-2-8-19(21)20-9-3-5-11-22(20)24/h2-5,8-11,17-18,23-25H,6-7,12-16H2,1H3,(H,29,34)(H,32,33). The van der Waals surface area contributed by atoms with Crippen LogP contribution < -0.4 is 5.32 Å². The number of ether oxygens (including phenoxy) is 1. The maximum atomic E-state index is 12.7. The number of nitrogens with one attached hydrogen (secondary N) is 1. The van der Waals surface area contributed by atoms with Crippen LogP contribution in [0.2, 0.25) is 0 Å². The Balaban J connectivity index is 1.07. The van der Waals surface area contributed by atoms with Gasteiger partial charge in [-0.2, -0.15) is 0 Å². The summed E-state index contributed by atoms with van der Waals surface area (Å²) in [7, 11) is 0. The van der Waals surface area contributed by atoms with Crippen LogP contribution in [-0.4, -0.2) is 52.7 Å². The number of hydrogen-bond donors (Lipinski definition) is 2. The number of carbonyl (C=O) groups is 3. The molecule has 0 saturated carbocycles. The summed E-state index contributed by atoms with van der Waals surface area (Å²) in [5.74, 6) is -1.16. The molecule has 2 aromatic rings. The average Bonchev–Trinajstić information content (AvgIpc) is 3.52. The van der Waals surface area contributed by atoms with Crippen molar-refractivity contribution in [3.8, 4) is 11.1 Å². The number of nitrogens with zero attached hydrogens (tertiary/aromatic N) is 1. The summed E-state index contributed by atoms with van der Waals surface area (Å²) in [5.41, 5.74) is 4.73. The molecule has 2 aliphatic heterocycles. The molecule has 4 unspecified atom stereocenters. The Bertz CT molecular complexity index is 1090. The summed E-state index contributed by atoms with van der Waals surface area (Å²) >= 11 is 0. The van der Waals surface area contributed by atoms with Crippen LogP contribution in [0.15, 0.2) is 48.5 Å². The van der Waals surface area contributed by atoms with E-state index in [0.717, 1.165) is 12.8 Å². The first-order chi connectivity index (χ1) is 16.9. The Morgan fingerprint density at radius 3 is 2.34 bits per heavy atom. The molecule has 2 saturated heterocycles. The number of carboxylic acids is 1. The number of rotatable bonds is 8. The molecular formula is C28H32N2O5. The largest absolute Gasteiger partial charge is 0.481 e. The minimum atomic E-state index is -0.795. The average molecular weight is 477 g/mol. The molecule has 7 heteroatoms. The van der Waals surface area contributed by atoms with Crippen LogP contribution >= 0.6 is 0 Å². The highest BCUT2D eigenvalue weighted by Gasteiger charge is 2.50. The zero-order chi connectivity index (χ0) is 24.5. The molecule has 7 nitrogen and oxygen atoms in total. The maximum absolute atomic E-state index is 12.7. The third kappa shape index (κ3) is 4.51. The molecule has 2 aromatic carbocycles. The minimum absolute atomic E-state index is 0.0199. The number of fused-ring (bicyclic) bond motifs is 5. The summed E-state index contributed by atoms with van der Waals surface area (Å²) in [4.78, 5) is 38.5. The number of carboxylic acid groups (broad SMARTS) is 1. The quantitative estimate of drug-likeness (QED) is 0.583. The molecule has 0 aromatic heterocycles. The molecule has 2 fully saturated rings. The molecule has 2 heterocycles. The molecule has 0 radical (unpaired) electrons. The van der Waals surface area contributed by atoms with Crippen molar-refractivity contribution < 1.29 is 24.2 Å². The second kappa shape index (κ2) is 9.72. The molecule has 0 spiro atoms. The first kappa shape index (κ1) is 23.4. The molecule has 2 amide bonds. The maximum Gasteiger partial charge on any atom is 0.407 e. The highest BCUT2D eigenvalue weighted by atomic mass is 16.5. The third-order valence-corrected chi connectivity index (χ3v) is 7.88. The van der Waals surface area contributed by atoms with E-state index in [2.05, 4.69) is 29.6 Å². The van der Waals surface area contributed by atoms with Gasteiger partial charge in [0.1, 0.15) is 6.61 Å². The second-order valence-corrected chi connectivity index (χ2v) is 10.0. The summed E-state index contributed by atoms with van der Waals surface area (Å²) in [6.45, 7) is 2.18. The molecule has 4 atom stereocenters. The van der Waals surface area contributed by atoms with Gasteiger partial charge in [0.2, 0.25) is 5.91 Å². The van der Waals surface area contributed by atoms with Gasteiger partial charge < -0.3 is 20.1 Å². The van der Waals surface area contributed by atoms with Gasteiger partial charge in [0.25, 0.3) is 0 Å². The zero-order valence-electron chi connectivity index (χ0n) is 20.0. The van der Waals surface area contributed by atoms with Crippen molar-refractivity contribution in [2.24, 2.45) is 5.92 Å². The van der Waals surface area contributed by atoms with Crippen molar-refractivity contribution in [1.82, 2.24) is 10.2 Å². The Morgan fingerprint density at radius 1 is 1.06 bits per heavy atom. The van der Waals surface area contributed by atoms with Crippen LogP contribution in [0.4, 0.5) is 4.79 Å². The molecule has 2 N–H and O–H groups in total. The van der Waals surface area contributed by atoms with Gasteiger partial charge in [-0.25, -0.2) is 4.79 Å².